The molecule has 0 aromatic carbocycles. The van der Waals surface area contributed by atoms with E-state index in [-0.39, 0.29) is 0 Å². The Hall–Kier alpha value is 0.0900. The quantitative estimate of drug-likeness (QED) is 0.585. The van der Waals surface area contributed by atoms with Crippen LogP contribution < -0.4 is 0 Å². The Balaban J connectivity index is 2.14. The minimum atomic E-state index is 0.886. The highest BCUT2D eigenvalue weighted by molar-refractivity contribution is 7.80. The van der Waals surface area contributed by atoms with E-state index in [0.717, 1.165) is 17.8 Å². The molecule has 1 fully saturated rings. The van der Waals surface area contributed by atoms with Crippen LogP contribution in [0.5, 0.6) is 0 Å². The minimum Gasteiger partial charge on any atom is -0.0900 e. The minimum absolute atomic E-state index is 0.886. The summed E-state index contributed by atoms with van der Waals surface area (Å²) in [6.07, 6.45) is 4.04. The fourth-order valence-corrected chi connectivity index (χ4v) is 2.14. The van der Waals surface area contributed by atoms with Crippen molar-refractivity contribution >= 4 is 17.1 Å². The van der Waals surface area contributed by atoms with Gasteiger partial charge in [0.15, 0.2) is 0 Å². The normalized spacial score (nSPS) is 30.2. The molecule has 0 heterocycles. The smallest absolute Gasteiger partial charge is 0.00997 e. The molecule has 11 heavy (non-hydrogen) atoms. The monoisotopic (exact) mass is 170 g/mol. The summed E-state index contributed by atoms with van der Waals surface area (Å²) >= 11 is 5.08. The highest BCUT2D eigenvalue weighted by Gasteiger charge is 2.30. The third-order valence-corrected chi connectivity index (χ3v) is 2.96. The molecule has 1 heteroatoms. The van der Waals surface area contributed by atoms with Crippen molar-refractivity contribution in [2.75, 3.05) is 0 Å². The largest absolute Gasteiger partial charge is 0.0900 e. The van der Waals surface area contributed by atoms with E-state index in [1.54, 1.807) is 0 Å². The van der Waals surface area contributed by atoms with E-state index in [2.05, 4.69) is 20.8 Å². The van der Waals surface area contributed by atoms with Crippen LogP contribution in [-0.2, 0) is 0 Å². The average Bonchev–Trinajstić information content (AvgIpc) is 1.75. The molecule has 0 aromatic heterocycles. The molecule has 0 atom stereocenters. The number of thiocarbonyl (C=S) groups is 1. The van der Waals surface area contributed by atoms with E-state index < -0.39 is 0 Å². The third-order valence-electron chi connectivity index (χ3n) is 2.79. The second-order valence-corrected chi connectivity index (χ2v) is 4.94. The van der Waals surface area contributed by atoms with Crippen molar-refractivity contribution in [1.29, 1.82) is 0 Å². The molecular weight excluding hydrogens is 152 g/mol. The van der Waals surface area contributed by atoms with Gasteiger partial charge in [-0.3, -0.25) is 0 Å². The van der Waals surface area contributed by atoms with Crippen molar-refractivity contribution in [2.24, 2.45) is 17.8 Å². The van der Waals surface area contributed by atoms with Gasteiger partial charge < -0.3 is 0 Å². The summed E-state index contributed by atoms with van der Waals surface area (Å²) < 4.78 is 0. The van der Waals surface area contributed by atoms with Gasteiger partial charge in [-0.2, -0.15) is 0 Å². The summed E-state index contributed by atoms with van der Waals surface area (Å²) in [6, 6.07) is 0. The molecule has 0 amide bonds. The van der Waals surface area contributed by atoms with Crippen LogP contribution in [0.25, 0.3) is 0 Å². The predicted molar refractivity (Wildman–Crippen MR) is 53.9 cm³/mol. The molecule has 0 aliphatic heterocycles. The molecule has 0 unspecified atom stereocenters. The first-order valence-corrected chi connectivity index (χ1v) is 5.00. The highest BCUT2D eigenvalue weighted by Crippen LogP contribution is 2.40. The van der Waals surface area contributed by atoms with Crippen LogP contribution in [0.4, 0.5) is 0 Å². The van der Waals surface area contributed by atoms with Gasteiger partial charge >= 0.3 is 0 Å². The molecule has 1 saturated carbocycles. The van der Waals surface area contributed by atoms with Crippen LogP contribution in [0.1, 0.15) is 40.0 Å². The van der Waals surface area contributed by atoms with E-state index in [9.17, 15) is 0 Å². The second kappa shape index (κ2) is 3.66. The second-order valence-electron chi connectivity index (χ2n) is 4.25. The van der Waals surface area contributed by atoms with Crippen LogP contribution in [0.3, 0.4) is 0 Å². The van der Waals surface area contributed by atoms with Crippen molar-refractivity contribution < 1.29 is 0 Å². The van der Waals surface area contributed by atoms with Crippen LogP contribution >= 0.6 is 12.2 Å². The first-order chi connectivity index (χ1) is 5.09. The molecular formula is C10H18S. The Morgan fingerprint density at radius 1 is 1.45 bits per heavy atom. The van der Waals surface area contributed by atoms with Crippen molar-refractivity contribution in [3.63, 3.8) is 0 Å². The van der Waals surface area contributed by atoms with Crippen molar-refractivity contribution in [3.8, 4) is 0 Å². The Morgan fingerprint density at radius 2 is 2.00 bits per heavy atom. The maximum atomic E-state index is 5.08. The zero-order valence-corrected chi connectivity index (χ0v) is 8.58. The van der Waals surface area contributed by atoms with Crippen molar-refractivity contribution in [2.45, 2.75) is 40.0 Å². The summed E-state index contributed by atoms with van der Waals surface area (Å²) in [5, 5.41) is 0. The Bertz CT molecular complexity index is 143. The van der Waals surface area contributed by atoms with Crippen molar-refractivity contribution in [1.82, 2.24) is 0 Å². The molecule has 1 rings (SSSR count). The van der Waals surface area contributed by atoms with E-state index >= 15 is 0 Å². The molecule has 64 valence electrons. The molecule has 0 spiro atoms. The zero-order valence-electron chi connectivity index (χ0n) is 7.76. The summed E-state index contributed by atoms with van der Waals surface area (Å²) in [5.41, 5.74) is 0. The lowest BCUT2D eigenvalue weighted by atomic mass is 9.68. The van der Waals surface area contributed by atoms with Crippen LogP contribution in [0.2, 0.25) is 0 Å². The topological polar surface area (TPSA) is 0 Å². The maximum Gasteiger partial charge on any atom is -0.00997 e. The summed E-state index contributed by atoms with van der Waals surface area (Å²) in [4.78, 5) is 1.19. The maximum absolute atomic E-state index is 5.08. The van der Waals surface area contributed by atoms with Gasteiger partial charge in [-0.1, -0.05) is 26.1 Å². The number of hydrogen-bond acceptors (Lipinski definition) is 1. The van der Waals surface area contributed by atoms with E-state index in [4.69, 9.17) is 12.2 Å². The van der Waals surface area contributed by atoms with Gasteiger partial charge in [-0.15, -0.1) is 0 Å². The van der Waals surface area contributed by atoms with Crippen LogP contribution in [0, 0.1) is 17.8 Å². The average molecular weight is 170 g/mol. The van der Waals surface area contributed by atoms with Crippen molar-refractivity contribution in [3.05, 3.63) is 0 Å². The molecule has 0 bridgehead atoms. The van der Waals surface area contributed by atoms with Gasteiger partial charge in [0, 0.05) is 0 Å². The standard InChI is InChI=1S/C10H18S/c1-7(2)10-5-9(6-10)4-8(3)11/h7,9-10H,4-6H2,1-3H3. The molecule has 0 saturated heterocycles. The van der Waals surface area contributed by atoms with Gasteiger partial charge in [-0.25, -0.2) is 0 Å². The Morgan fingerprint density at radius 3 is 2.36 bits per heavy atom. The van der Waals surface area contributed by atoms with E-state index in [1.807, 2.05) is 0 Å². The lowest BCUT2D eigenvalue weighted by Crippen LogP contribution is -2.28. The first kappa shape index (κ1) is 9.18. The Kier molecular flexibility index (Phi) is 3.06. The van der Waals surface area contributed by atoms with Crippen LogP contribution in [0.15, 0.2) is 0 Å². The first-order valence-electron chi connectivity index (χ1n) is 4.59. The van der Waals surface area contributed by atoms with E-state index in [1.165, 1.54) is 24.1 Å². The SMILES string of the molecule is CC(=S)CC1CC(C(C)C)C1. The lowest BCUT2D eigenvalue weighted by Gasteiger charge is -2.38. The lowest BCUT2D eigenvalue weighted by molar-refractivity contribution is 0.147. The van der Waals surface area contributed by atoms with Gasteiger partial charge in [0.2, 0.25) is 0 Å². The van der Waals surface area contributed by atoms with Crippen LogP contribution in [-0.4, -0.2) is 4.86 Å². The van der Waals surface area contributed by atoms with Gasteiger partial charge in [0.1, 0.15) is 0 Å². The summed E-state index contributed by atoms with van der Waals surface area (Å²) in [6.45, 7) is 6.72. The Labute approximate surface area is 75.4 Å². The molecule has 1 aliphatic carbocycles. The fourth-order valence-electron chi connectivity index (χ4n) is 1.90. The summed E-state index contributed by atoms with van der Waals surface area (Å²) in [7, 11) is 0. The molecule has 1 aliphatic rings. The summed E-state index contributed by atoms with van der Waals surface area (Å²) in [5.74, 6) is 2.81. The zero-order chi connectivity index (χ0) is 8.43. The number of hydrogen-bond donors (Lipinski definition) is 0. The molecule has 0 N–H and O–H groups in total. The molecule has 0 aromatic rings. The van der Waals surface area contributed by atoms with Gasteiger partial charge in [-0.05, 0) is 48.8 Å². The molecule has 0 nitrogen and oxygen atoms in total. The predicted octanol–water partition coefficient (Wildman–Crippen LogP) is 3.45. The number of rotatable bonds is 3. The van der Waals surface area contributed by atoms with Gasteiger partial charge in [0.25, 0.3) is 0 Å². The fraction of sp³-hybridized carbons (Fsp3) is 0.900. The van der Waals surface area contributed by atoms with E-state index in [0.29, 0.717) is 0 Å². The third kappa shape index (κ3) is 2.55. The highest BCUT2D eigenvalue weighted by atomic mass is 32.1. The molecule has 0 radical (unpaired) electrons. The van der Waals surface area contributed by atoms with Gasteiger partial charge in [0.05, 0.1) is 0 Å².